The van der Waals surface area contributed by atoms with Crippen molar-refractivity contribution >= 4 is 21.7 Å². The number of hydrogen-bond acceptors (Lipinski definition) is 3. The van der Waals surface area contributed by atoms with Crippen LogP contribution in [0.5, 0.6) is 0 Å². The molecule has 0 aliphatic heterocycles. The van der Waals surface area contributed by atoms with Crippen molar-refractivity contribution < 1.29 is 22.0 Å². The van der Waals surface area contributed by atoms with E-state index in [2.05, 4.69) is 10.0 Å². The van der Waals surface area contributed by atoms with Gasteiger partial charge in [-0.3, -0.25) is 0 Å². The van der Waals surface area contributed by atoms with Crippen molar-refractivity contribution in [3.63, 3.8) is 0 Å². The van der Waals surface area contributed by atoms with Crippen molar-refractivity contribution in [3.05, 3.63) is 54.1 Å². The number of carbonyl (C=O) groups excluding carboxylic acids is 1. The van der Waals surface area contributed by atoms with Gasteiger partial charge in [0.15, 0.2) is 0 Å². The Kier molecular flexibility index (Phi) is 7.27. The summed E-state index contributed by atoms with van der Waals surface area (Å²) in [5.74, 6) is -1.24. The number of urea groups is 1. The smallest absolute Gasteiger partial charge is 0.321 e. The van der Waals surface area contributed by atoms with Crippen LogP contribution in [0.2, 0.25) is 0 Å². The number of nitrogens with one attached hydrogen (secondary N) is 2. The van der Waals surface area contributed by atoms with Gasteiger partial charge in [0.25, 0.3) is 0 Å². The molecule has 31 heavy (non-hydrogen) atoms. The minimum absolute atomic E-state index is 0.0249. The maximum atomic E-state index is 13.4. The first kappa shape index (κ1) is 23.1. The molecule has 0 saturated heterocycles. The number of carbonyl (C=O) groups is 1. The Hall–Kier alpha value is -2.52. The molecule has 1 saturated carbocycles. The van der Waals surface area contributed by atoms with E-state index < -0.39 is 21.7 Å². The average Bonchev–Trinajstić information content (AvgIpc) is 2.73. The molecule has 0 aromatic heterocycles. The summed E-state index contributed by atoms with van der Waals surface area (Å²) in [6, 6.07) is 9.74. The molecule has 6 nitrogen and oxygen atoms in total. The van der Waals surface area contributed by atoms with Gasteiger partial charge in [0.05, 0.1) is 5.75 Å². The van der Waals surface area contributed by atoms with Gasteiger partial charge >= 0.3 is 6.03 Å². The summed E-state index contributed by atoms with van der Waals surface area (Å²) in [6.45, 7) is 1.61. The Morgan fingerprint density at radius 1 is 1.00 bits per heavy atom. The number of sulfonamides is 1. The quantitative estimate of drug-likeness (QED) is 0.686. The molecule has 0 atom stereocenters. The van der Waals surface area contributed by atoms with Crippen molar-refractivity contribution in [2.45, 2.75) is 44.7 Å². The summed E-state index contributed by atoms with van der Waals surface area (Å²) in [4.78, 5) is 14.3. The van der Waals surface area contributed by atoms with Crippen molar-refractivity contribution in [1.82, 2.24) is 9.62 Å². The molecular weight excluding hydrogens is 424 g/mol. The van der Waals surface area contributed by atoms with E-state index >= 15 is 0 Å². The predicted molar refractivity (Wildman–Crippen MR) is 117 cm³/mol. The van der Waals surface area contributed by atoms with Crippen LogP contribution in [0.1, 0.15) is 32.6 Å². The van der Waals surface area contributed by atoms with E-state index in [1.54, 1.807) is 43.1 Å². The lowest BCUT2D eigenvalue weighted by molar-refractivity contribution is 0.180. The monoisotopic (exact) mass is 451 g/mol. The fraction of sp³-hybridized carbons (Fsp3) is 0.409. The first-order valence-corrected chi connectivity index (χ1v) is 11.9. The van der Waals surface area contributed by atoms with E-state index in [-0.39, 0.29) is 23.9 Å². The minimum Gasteiger partial charge on any atom is -0.325 e. The summed E-state index contributed by atoms with van der Waals surface area (Å²) in [5.41, 5.74) is 1.63. The van der Waals surface area contributed by atoms with Crippen molar-refractivity contribution in [2.24, 2.45) is 0 Å². The third kappa shape index (κ3) is 6.24. The third-order valence-electron chi connectivity index (χ3n) is 5.62. The third-order valence-corrected chi connectivity index (χ3v) is 7.08. The van der Waals surface area contributed by atoms with Crippen molar-refractivity contribution in [3.8, 4) is 11.1 Å². The number of hydrogen-bond donors (Lipinski definition) is 2. The molecule has 2 aromatic rings. The predicted octanol–water partition coefficient (Wildman–Crippen LogP) is 4.35. The number of anilines is 1. The molecule has 1 aliphatic rings. The number of rotatable bonds is 6. The number of benzene rings is 2. The summed E-state index contributed by atoms with van der Waals surface area (Å²) < 4.78 is 53.0. The first-order valence-electron chi connectivity index (χ1n) is 10.3. The minimum atomic E-state index is -3.23. The van der Waals surface area contributed by atoms with E-state index in [1.165, 1.54) is 12.1 Å². The second-order valence-corrected chi connectivity index (χ2v) is 9.85. The van der Waals surface area contributed by atoms with E-state index in [0.29, 0.717) is 42.5 Å². The van der Waals surface area contributed by atoms with E-state index in [9.17, 15) is 22.0 Å². The van der Waals surface area contributed by atoms with Gasteiger partial charge in [0.2, 0.25) is 10.0 Å². The Bertz CT molecular complexity index is 1000. The lowest BCUT2D eigenvalue weighted by Crippen LogP contribution is -2.46. The molecule has 2 N–H and O–H groups in total. The van der Waals surface area contributed by atoms with Crippen LogP contribution in [0.25, 0.3) is 11.1 Å². The zero-order valence-electron chi connectivity index (χ0n) is 17.6. The Balaban J connectivity index is 1.55. The summed E-state index contributed by atoms with van der Waals surface area (Å²) in [5, 5.41) is 2.83. The molecule has 3 rings (SSSR count). The molecule has 2 amide bonds. The standard InChI is InChI=1S/C22H27F2N3O3S/c1-3-31(29,30)26-20-8-10-21(11-9-20)27(2)22(28)25-19-6-4-15(5-7-19)16-12-17(23)14-18(24)13-16/h4-7,12-14,20-21,26H,3,8-11H2,1-2H3,(H,25,28). The second kappa shape index (κ2) is 9.74. The molecule has 1 aliphatic carbocycles. The Morgan fingerprint density at radius 3 is 2.13 bits per heavy atom. The van der Waals surface area contributed by atoms with Crippen LogP contribution in [0.3, 0.4) is 0 Å². The van der Waals surface area contributed by atoms with Crippen molar-refractivity contribution in [1.29, 1.82) is 0 Å². The fourth-order valence-corrected chi connectivity index (χ4v) is 4.67. The van der Waals surface area contributed by atoms with E-state index in [1.807, 2.05) is 0 Å². The van der Waals surface area contributed by atoms with Crippen LogP contribution in [0.15, 0.2) is 42.5 Å². The molecule has 0 bridgehead atoms. The molecule has 168 valence electrons. The lowest BCUT2D eigenvalue weighted by atomic mass is 9.91. The SMILES string of the molecule is CCS(=O)(=O)NC1CCC(N(C)C(=O)Nc2ccc(-c3cc(F)cc(F)c3)cc2)CC1. The first-order chi connectivity index (χ1) is 14.7. The fourth-order valence-electron chi connectivity index (χ4n) is 3.76. The van der Waals surface area contributed by atoms with Gasteiger partial charge in [-0.15, -0.1) is 0 Å². The van der Waals surface area contributed by atoms with Gasteiger partial charge in [-0.1, -0.05) is 12.1 Å². The van der Waals surface area contributed by atoms with Crippen LogP contribution in [-0.2, 0) is 10.0 Å². The Morgan fingerprint density at radius 2 is 1.58 bits per heavy atom. The highest BCUT2D eigenvalue weighted by molar-refractivity contribution is 7.89. The van der Waals surface area contributed by atoms with Crippen LogP contribution >= 0.6 is 0 Å². The average molecular weight is 452 g/mol. The maximum absolute atomic E-state index is 13.4. The molecule has 0 spiro atoms. The van der Waals surface area contributed by atoms with Crippen LogP contribution in [0, 0.1) is 11.6 Å². The largest absolute Gasteiger partial charge is 0.325 e. The van der Waals surface area contributed by atoms with Gasteiger partial charge in [0.1, 0.15) is 11.6 Å². The van der Waals surface area contributed by atoms with Crippen LogP contribution in [-0.4, -0.2) is 44.2 Å². The summed E-state index contributed by atoms with van der Waals surface area (Å²) in [6.07, 6.45) is 2.79. The van der Waals surface area contributed by atoms with E-state index in [0.717, 1.165) is 6.07 Å². The highest BCUT2D eigenvalue weighted by atomic mass is 32.2. The van der Waals surface area contributed by atoms with Gasteiger partial charge in [0, 0.05) is 30.9 Å². The van der Waals surface area contributed by atoms with Crippen LogP contribution in [0.4, 0.5) is 19.3 Å². The highest BCUT2D eigenvalue weighted by Crippen LogP contribution is 2.25. The zero-order valence-corrected chi connectivity index (χ0v) is 18.4. The lowest BCUT2D eigenvalue weighted by Gasteiger charge is -2.34. The Labute approximate surface area is 181 Å². The molecule has 0 unspecified atom stereocenters. The molecule has 1 fully saturated rings. The normalized spacial score (nSPS) is 19.1. The molecule has 0 radical (unpaired) electrons. The summed E-state index contributed by atoms with van der Waals surface area (Å²) >= 11 is 0. The second-order valence-electron chi connectivity index (χ2n) is 7.80. The summed E-state index contributed by atoms with van der Waals surface area (Å²) in [7, 11) is -1.50. The van der Waals surface area contributed by atoms with Gasteiger partial charge < -0.3 is 10.2 Å². The molecular formula is C22H27F2N3O3S. The highest BCUT2D eigenvalue weighted by Gasteiger charge is 2.28. The topological polar surface area (TPSA) is 78.5 Å². The molecule has 2 aromatic carbocycles. The van der Waals surface area contributed by atoms with Crippen LogP contribution < -0.4 is 10.0 Å². The number of nitrogens with zero attached hydrogens (tertiary/aromatic N) is 1. The van der Waals surface area contributed by atoms with E-state index in [4.69, 9.17) is 0 Å². The van der Waals surface area contributed by atoms with Gasteiger partial charge in [-0.2, -0.15) is 0 Å². The maximum Gasteiger partial charge on any atom is 0.321 e. The number of amides is 2. The molecule has 9 heteroatoms. The van der Waals surface area contributed by atoms with Crippen molar-refractivity contribution in [2.75, 3.05) is 18.1 Å². The van der Waals surface area contributed by atoms with Gasteiger partial charge in [-0.25, -0.2) is 26.7 Å². The number of halogens is 2. The zero-order chi connectivity index (χ0) is 22.6. The van der Waals surface area contributed by atoms with Gasteiger partial charge in [-0.05, 0) is 68.0 Å². The molecule has 0 heterocycles.